The maximum Gasteiger partial charge on any atom is 0.0556 e. The summed E-state index contributed by atoms with van der Waals surface area (Å²) in [7, 11) is 0. The molecule has 0 heterocycles. The van der Waals surface area contributed by atoms with Crippen LogP contribution in [0.1, 0.15) is 210 Å². The Hall–Kier alpha value is -2.77. The van der Waals surface area contributed by atoms with Gasteiger partial charge < -0.3 is 0 Å². The van der Waals surface area contributed by atoms with Crippen LogP contribution in [0.3, 0.4) is 0 Å². The molecule has 296 valence electrons. The molecule has 2 fully saturated rings. The molecule has 0 bridgehead atoms. The highest BCUT2D eigenvalue weighted by atomic mass is 32.2. The van der Waals surface area contributed by atoms with Gasteiger partial charge in [-0.25, -0.2) is 0 Å². The minimum atomic E-state index is 0.252. The van der Waals surface area contributed by atoms with Gasteiger partial charge in [0.05, 0.1) is 10.5 Å². The van der Waals surface area contributed by atoms with Gasteiger partial charge in [-0.05, 0) is 145 Å². The molecule has 2 aliphatic carbocycles. The number of unbranched alkanes of at least 4 members (excludes halogenated alkanes) is 4. The van der Waals surface area contributed by atoms with Crippen LogP contribution < -0.4 is 0 Å². The Morgan fingerprint density at radius 1 is 0.400 bits per heavy atom. The van der Waals surface area contributed by atoms with Crippen molar-refractivity contribution in [3.63, 3.8) is 0 Å². The fourth-order valence-corrected chi connectivity index (χ4v) is 11.3. The van der Waals surface area contributed by atoms with Crippen molar-refractivity contribution in [1.82, 2.24) is 0 Å². The van der Waals surface area contributed by atoms with Crippen molar-refractivity contribution in [2.45, 2.75) is 178 Å². The van der Waals surface area contributed by atoms with Gasteiger partial charge in [-0.1, -0.05) is 176 Å². The van der Waals surface area contributed by atoms with E-state index >= 15 is 0 Å². The van der Waals surface area contributed by atoms with Crippen molar-refractivity contribution in [1.29, 1.82) is 0 Å². The molecule has 0 N–H and O–H groups in total. The smallest absolute Gasteiger partial charge is 0.0556 e. The van der Waals surface area contributed by atoms with E-state index in [-0.39, 0.29) is 10.5 Å². The van der Waals surface area contributed by atoms with E-state index in [1.165, 1.54) is 162 Å². The lowest BCUT2D eigenvalue weighted by Crippen LogP contribution is -2.13. The average molecular weight is 755 g/mol. The zero-order chi connectivity index (χ0) is 38.2. The molecule has 0 amide bonds. The van der Waals surface area contributed by atoms with Crippen LogP contribution in [-0.4, -0.2) is 0 Å². The van der Waals surface area contributed by atoms with Crippen molar-refractivity contribution in [2.24, 2.45) is 11.8 Å². The predicted octanol–water partition coefficient (Wildman–Crippen LogP) is 16.9. The number of hydrogen-bond donors (Lipinski definition) is 0. The Bertz CT molecular complexity index is 1490. The SMILES string of the molecule is CCCCc1ccc(C(SC(c2ccc(CCCC)cc2)c2ccc(C3CCC(CCCC)CC3)cc2)c2ccc(C3CCC(CCCC)CC3)cc2)cc1. The van der Waals surface area contributed by atoms with Crippen LogP contribution in [0.5, 0.6) is 0 Å². The highest BCUT2D eigenvalue weighted by molar-refractivity contribution is 8.00. The molecule has 0 saturated heterocycles. The standard InChI is InChI=1S/C54H74S/c1-5-9-13-41-17-25-45(26-18-41)47-33-37-51(38-34-47)53(49-29-21-43(22-30-49)15-11-7-3)55-54(50-31-23-44(24-32-50)16-12-8-4)52-39-35-48(36-40-52)46-27-19-42(20-28-46)14-10-6-2/h21-24,29-42,45-46,53-54H,5-20,25-28H2,1-4H3. The largest absolute Gasteiger partial charge is 0.136 e. The van der Waals surface area contributed by atoms with Gasteiger partial charge in [0.2, 0.25) is 0 Å². The molecule has 4 aromatic carbocycles. The van der Waals surface area contributed by atoms with Crippen LogP contribution in [-0.2, 0) is 12.8 Å². The highest BCUT2D eigenvalue weighted by Crippen LogP contribution is 2.49. The number of hydrogen-bond acceptors (Lipinski definition) is 1. The topological polar surface area (TPSA) is 0 Å². The van der Waals surface area contributed by atoms with E-state index in [0.29, 0.717) is 0 Å². The second-order valence-corrected chi connectivity index (χ2v) is 18.9. The molecule has 55 heavy (non-hydrogen) atoms. The van der Waals surface area contributed by atoms with Gasteiger partial charge in [-0.15, -0.1) is 11.8 Å². The lowest BCUT2D eigenvalue weighted by atomic mass is 9.77. The Morgan fingerprint density at radius 2 is 0.709 bits per heavy atom. The number of thioether (sulfide) groups is 1. The van der Waals surface area contributed by atoms with Crippen LogP contribution in [0.15, 0.2) is 97.1 Å². The van der Waals surface area contributed by atoms with Crippen molar-refractivity contribution in [3.05, 3.63) is 142 Å². The first-order valence-electron chi connectivity index (χ1n) is 23.1. The van der Waals surface area contributed by atoms with E-state index in [1.54, 1.807) is 11.1 Å². The van der Waals surface area contributed by atoms with Crippen LogP contribution >= 0.6 is 11.8 Å². The molecule has 2 unspecified atom stereocenters. The third kappa shape index (κ3) is 12.1. The molecule has 0 radical (unpaired) electrons. The maximum absolute atomic E-state index is 2.50. The minimum Gasteiger partial charge on any atom is -0.136 e. The second kappa shape index (κ2) is 22.2. The van der Waals surface area contributed by atoms with Gasteiger partial charge in [0.25, 0.3) is 0 Å². The summed E-state index contributed by atoms with van der Waals surface area (Å²) in [5, 5.41) is 0.504. The van der Waals surface area contributed by atoms with Gasteiger partial charge in [-0.2, -0.15) is 0 Å². The summed E-state index contributed by atoms with van der Waals surface area (Å²) in [5.41, 5.74) is 11.8. The average Bonchev–Trinajstić information content (AvgIpc) is 3.25. The molecule has 4 aromatic rings. The molecule has 0 aromatic heterocycles. The third-order valence-corrected chi connectivity index (χ3v) is 15.2. The van der Waals surface area contributed by atoms with Gasteiger partial charge in [0, 0.05) is 0 Å². The Morgan fingerprint density at radius 3 is 1.02 bits per heavy atom. The summed E-state index contributed by atoms with van der Waals surface area (Å²) in [4.78, 5) is 0. The van der Waals surface area contributed by atoms with Crippen LogP contribution in [0.2, 0.25) is 0 Å². The van der Waals surface area contributed by atoms with Crippen molar-refractivity contribution < 1.29 is 0 Å². The van der Waals surface area contributed by atoms with Crippen molar-refractivity contribution >= 4 is 11.8 Å². The molecule has 1 heteroatoms. The summed E-state index contributed by atoms with van der Waals surface area (Å²) >= 11 is 2.15. The summed E-state index contributed by atoms with van der Waals surface area (Å²) in [6, 6.07) is 39.4. The van der Waals surface area contributed by atoms with Crippen molar-refractivity contribution in [2.75, 3.05) is 0 Å². The molecule has 0 aliphatic heterocycles. The fourth-order valence-electron chi connectivity index (χ4n) is 9.76. The van der Waals surface area contributed by atoms with Crippen LogP contribution in [0.25, 0.3) is 0 Å². The molecule has 2 atom stereocenters. The Labute approximate surface area is 342 Å². The number of benzene rings is 4. The lowest BCUT2D eigenvalue weighted by molar-refractivity contribution is 0.304. The van der Waals surface area contributed by atoms with Crippen molar-refractivity contribution in [3.8, 4) is 0 Å². The fraction of sp³-hybridized carbons (Fsp3) is 0.556. The van der Waals surface area contributed by atoms with Crippen LogP contribution in [0, 0.1) is 11.8 Å². The molecular formula is C54H74S. The van der Waals surface area contributed by atoms with Gasteiger partial charge in [-0.3, -0.25) is 0 Å². The third-order valence-electron chi connectivity index (χ3n) is 13.5. The Kier molecular flexibility index (Phi) is 16.9. The molecule has 0 spiro atoms. The van der Waals surface area contributed by atoms with E-state index < -0.39 is 0 Å². The summed E-state index contributed by atoms with van der Waals surface area (Å²) in [6.07, 6.45) is 26.7. The second-order valence-electron chi connectivity index (χ2n) is 17.6. The first kappa shape index (κ1) is 41.9. The van der Waals surface area contributed by atoms with Crippen LogP contribution in [0.4, 0.5) is 0 Å². The molecule has 0 nitrogen and oxygen atoms in total. The summed E-state index contributed by atoms with van der Waals surface area (Å²) < 4.78 is 0. The molecule has 2 saturated carbocycles. The molecule has 6 rings (SSSR count). The van der Waals surface area contributed by atoms with E-state index in [2.05, 4.69) is 137 Å². The van der Waals surface area contributed by atoms with E-state index in [0.717, 1.165) is 23.7 Å². The van der Waals surface area contributed by atoms with Gasteiger partial charge in [0.15, 0.2) is 0 Å². The first-order chi connectivity index (χ1) is 27.1. The maximum atomic E-state index is 2.50. The quantitative estimate of drug-likeness (QED) is 0.0866. The van der Waals surface area contributed by atoms with Gasteiger partial charge in [0.1, 0.15) is 0 Å². The minimum absolute atomic E-state index is 0.252. The zero-order valence-corrected chi connectivity index (χ0v) is 36.1. The Balaban J connectivity index is 1.27. The highest BCUT2D eigenvalue weighted by Gasteiger charge is 2.27. The molecule has 2 aliphatic rings. The number of aryl methyl sites for hydroxylation is 2. The van der Waals surface area contributed by atoms with Gasteiger partial charge >= 0.3 is 0 Å². The predicted molar refractivity (Wildman–Crippen MR) is 243 cm³/mol. The van der Waals surface area contributed by atoms with E-state index in [1.807, 2.05) is 0 Å². The van der Waals surface area contributed by atoms with E-state index in [4.69, 9.17) is 0 Å². The first-order valence-corrected chi connectivity index (χ1v) is 24.0. The summed E-state index contributed by atoms with van der Waals surface area (Å²) in [5.74, 6) is 3.35. The normalized spacial score (nSPS) is 21.3. The number of rotatable bonds is 20. The summed E-state index contributed by atoms with van der Waals surface area (Å²) in [6.45, 7) is 9.26. The monoisotopic (exact) mass is 755 g/mol. The van der Waals surface area contributed by atoms with E-state index in [9.17, 15) is 0 Å². The lowest BCUT2D eigenvalue weighted by Gasteiger charge is -2.30. The molecular weight excluding hydrogens is 681 g/mol. The zero-order valence-electron chi connectivity index (χ0n) is 35.3.